The first kappa shape index (κ1) is 13.2. The van der Waals surface area contributed by atoms with Crippen molar-refractivity contribution in [3.8, 4) is 0 Å². The normalized spacial score (nSPS) is 26.5. The molecule has 6 nitrogen and oxygen atoms in total. The summed E-state index contributed by atoms with van der Waals surface area (Å²) in [5.41, 5.74) is 0. The van der Waals surface area contributed by atoms with E-state index in [0.717, 1.165) is 0 Å². The van der Waals surface area contributed by atoms with Crippen LogP contribution in [0.2, 0.25) is 0 Å². The highest BCUT2D eigenvalue weighted by molar-refractivity contribution is 4.61. The van der Waals surface area contributed by atoms with Gasteiger partial charge in [0.1, 0.15) is 19.0 Å². The van der Waals surface area contributed by atoms with E-state index in [9.17, 15) is 0 Å². The van der Waals surface area contributed by atoms with Gasteiger partial charge >= 0.3 is 0 Å². The van der Waals surface area contributed by atoms with Crippen LogP contribution in [0.5, 0.6) is 0 Å². The van der Waals surface area contributed by atoms with Crippen LogP contribution in [-0.2, 0) is 28.4 Å². The molecule has 0 aromatic rings. The predicted octanol–water partition coefficient (Wildman–Crippen LogP) is 0.500. The molecular weight excluding hydrogens is 228 g/mol. The largest absolute Gasteiger partial charge is 0.348 e. The van der Waals surface area contributed by atoms with Crippen LogP contribution in [0.25, 0.3) is 0 Å². The van der Waals surface area contributed by atoms with E-state index in [1.807, 2.05) is 13.8 Å². The second-order valence-electron chi connectivity index (χ2n) is 4.08. The van der Waals surface area contributed by atoms with E-state index in [2.05, 4.69) is 0 Å². The van der Waals surface area contributed by atoms with Crippen LogP contribution in [0.3, 0.4) is 0 Å². The Hall–Kier alpha value is -0.240. The van der Waals surface area contributed by atoms with Gasteiger partial charge in [-0.2, -0.15) is 0 Å². The SMILES string of the molecule is CC(OCOC(C)C1OCCO1)C1OCCO1. The van der Waals surface area contributed by atoms with Crippen molar-refractivity contribution in [3.05, 3.63) is 0 Å². The zero-order chi connectivity index (χ0) is 12.1. The van der Waals surface area contributed by atoms with Crippen LogP contribution in [-0.4, -0.2) is 58.0 Å². The Bertz CT molecular complexity index is 190. The molecule has 0 bridgehead atoms. The van der Waals surface area contributed by atoms with Crippen LogP contribution < -0.4 is 0 Å². The van der Waals surface area contributed by atoms with Crippen LogP contribution >= 0.6 is 0 Å². The quantitative estimate of drug-likeness (QED) is 0.638. The summed E-state index contributed by atoms with van der Waals surface area (Å²) in [6.07, 6.45) is -0.856. The maximum atomic E-state index is 5.47. The molecule has 0 amide bonds. The summed E-state index contributed by atoms with van der Waals surface area (Å²) in [5, 5.41) is 0. The molecule has 6 heteroatoms. The second-order valence-corrected chi connectivity index (χ2v) is 4.08. The first-order valence-corrected chi connectivity index (χ1v) is 5.97. The summed E-state index contributed by atoms with van der Waals surface area (Å²) in [6, 6.07) is 0. The summed E-state index contributed by atoms with van der Waals surface area (Å²) < 4.78 is 32.2. The van der Waals surface area contributed by atoms with Crippen molar-refractivity contribution in [3.63, 3.8) is 0 Å². The van der Waals surface area contributed by atoms with Crippen molar-refractivity contribution in [2.75, 3.05) is 33.2 Å². The first-order chi connectivity index (χ1) is 8.27. The molecule has 0 N–H and O–H groups in total. The lowest BCUT2D eigenvalue weighted by molar-refractivity contribution is -0.212. The van der Waals surface area contributed by atoms with Crippen molar-refractivity contribution in [1.29, 1.82) is 0 Å². The van der Waals surface area contributed by atoms with Gasteiger partial charge in [-0.15, -0.1) is 0 Å². The summed E-state index contributed by atoms with van der Waals surface area (Å²) >= 11 is 0. The highest BCUT2D eigenvalue weighted by atomic mass is 16.8. The van der Waals surface area contributed by atoms with Gasteiger partial charge in [-0.05, 0) is 13.8 Å². The third-order valence-electron chi connectivity index (χ3n) is 2.72. The zero-order valence-electron chi connectivity index (χ0n) is 10.3. The molecule has 0 spiro atoms. The molecule has 2 aliphatic heterocycles. The van der Waals surface area contributed by atoms with E-state index in [4.69, 9.17) is 28.4 Å². The highest BCUT2D eigenvalue weighted by Crippen LogP contribution is 2.13. The molecule has 2 heterocycles. The van der Waals surface area contributed by atoms with E-state index < -0.39 is 0 Å². The Kier molecular flexibility index (Phi) is 5.15. The Morgan fingerprint density at radius 1 is 0.824 bits per heavy atom. The molecule has 2 saturated heterocycles. The van der Waals surface area contributed by atoms with Crippen LogP contribution in [0, 0.1) is 0 Å². The first-order valence-electron chi connectivity index (χ1n) is 5.97. The van der Waals surface area contributed by atoms with Gasteiger partial charge in [-0.25, -0.2) is 0 Å². The molecule has 2 atom stereocenters. The summed E-state index contributed by atoms with van der Waals surface area (Å²) in [7, 11) is 0. The molecule has 2 aliphatic rings. The van der Waals surface area contributed by atoms with Gasteiger partial charge in [0.05, 0.1) is 26.4 Å². The number of rotatable bonds is 6. The fraction of sp³-hybridized carbons (Fsp3) is 1.00. The molecule has 2 fully saturated rings. The van der Waals surface area contributed by atoms with Crippen LogP contribution in [0.1, 0.15) is 13.8 Å². The molecule has 2 unspecified atom stereocenters. The highest BCUT2D eigenvalue weighted by Gasteiger charge is 2.26. The lowest BCUT2D eigenvalue weighted by Crippen LogP contribution is -2.31. The standard InChI is InChI=1S/C11H20O6/c1-8(10-12-3-4-13-10)16-7-17-9(2)11-14-5-6-15-11/h8-11H,3-7H2,1-2H3. The van der Waals surface area contributed by atoms with E-state index in [-0.39, 0.29) is 31.6 Å². The molecule has 0 aliphatic carbocycles. The lowest BCUT2D eigenvalue weighted by Gasteiger charge is -2.22. The third kappa shape index (κ3) is 3.87. The van der Waals surface area contributed by atoms with Gasteiger partial charge < -0.3 is 28.4 Å². The monoisotopic (exact) mass is 248 g/mol. The Morgan fingerprint density at radius 2 is 1.18 bits per heavy atom. The van der Waals surface area contributed by atoms with Gasteiger partial charge in [0.2, 0.25) is 0 Å². The summed E-state index contributed by atoms with van der Waals surface area (Å²) in [4.78, 5) is 0. The van der Waals surface area contributed by atoms with Crippen molar-refractivity contribution < 1.29 is 28.4 Å². The molecule has 100 valence electrons. The minimum atomic E-state index is -0.284. The summed E-state index contributed by atoms with van der Waals surface area (Å²) in [5.74, 6) is 0. The molecular formula is C11H20O6. The van der Waals surface area contributed by atoms with Crippen molar-refractivity contribution in [1.82, 2.24) is 0 Å². The number of hydrogen-bond acceptors (Lipinski definition) is 6. The van der Waals surface area contributed by atoms with Crippen molar-refractivity contribution >= 4 is 0 Å². The molecule has 2 rings (SSSR count). The Morgan fingerprint density at radius 3 is 1.53 bits per heavy atom. The van der Waals surface area contributed by atoms with Gasteiger partial charge in [0.15, 0.2) is 12.6 Å². The van der Waals surface area contributed by atoms with E-state index in [1.54, 1.807) is 0 Å². The average molecular weight is 248 g/mol. The molecule has 17 heavy (non-hydrogen) atoms. The maximum Gasteiger partial charge on any atom is 0.183 e. The van der Waals surface area contributed by atoms with Crippen molar-refractivity contribution in [2.45, 2.75) is 38.6 Å². The topological polar surface area (TPSA) is 55.4 Å². The van der Waals surface area contributed by atoms with Gasteiger partial charge in [-0.3, -0.25) is 0 Å². The van der Waals surface area contributed by atoms with E-state index in [1.165, 1.54) is 0 Å². The fourth-order valence-corrected chi connectivity index (χ4v) is 1.71. The van der Waals surface area contributed by atoms with Crippen LogP contribution in [0.15, 0.2) is 0 Å². The minimum absolute atomic E-state index is 0.143. The summed E-state index contributed by atoms with van der Waals surface area (Å²) in [6.45, 7) is 6.46. The third-order valence-corrected chi connectivity index (χ3v) is 2.72. The maximum absolute atomic E-state index is 5.47. The van der Waals surface area contributed by atoms with Crippen molar-refractivity contribution in [2.24, 2.45) is 0 Å². The Labute approximate surface area is 101 Å². The van der Waals surface area contributed by atoms with E-state index in [0.29, 0.717) is 26.4 Å². The minimum Gasteiger partial charge on any atom is -0.348 e. The van der Waals surface area contributed by atoms with Gasteiger partial charge in [-0.1, -0.05) is 0 Å². The second kappa shape index (κ2) is 6.63. The average Bonchev–Trinajstić information content (AvgIpc) is 3.02. The molecule has 0 radical (unpaired) electrons. The molecule has 0 aromatic heterocycles. The molecule has 0 saturated carbocycles. The number of ether oxygens (including phenoxy) is 6. The van der Waals surface area contributed by atoms with Crippen LogP contribution in [0.4, 0.5) is 0 Å². The Balaban J connectivity index is 1.58. The molecule has 0 aromatic carbocycles. The fourth-order valence-electron chi connectivity index (χ4n) is 1.71. The lowest BCUT2D eigenvalue weighted by atomic mass is 10.4. The van der Waals surface area contributed by atoms with Gasteiger partial charge in [0.25, 0.3) is 0 Å². The van der Waals surface area contributed by atoms with Gasteiger partial charge in [0, 0.05) is 0 Å². The zero-order valence-corrected chi connectivity index (χ0v) is 10.3. The number of hydrogen-bond donors (Lipinski definition) is 0. The smallest absolute Gasteiger partial charge is 0.183 e. The van der Waals surface area contributed by atoms with E-state index >= 15 is 0 Å². The predicted molar refractivity (Wildman–Crippen MR) is 57.3 cm³/mol.